The van der Waals surface area contributed by atoms with Crippen molar-refractivity contribution in [1.82, 2.24) is 24.2 Å². The molecule has 1 fully saturated rings. The monoisotopic (exact) mass is 392 g/mol. The molecule has 9 nitrogen and oxygen atoms in total. The zero-order valence-corrected chi connectivity index (χ0v) is 16.0. The minimum absolute atomic E-state index is 0.0307. The molecule has 0 spiro atoms. The summed E-state index contributed by atoms with van der Waals surface area (Å²) in [7, 11) is 0. The fourth-order valence-corrected chi connectivity index (χ4v) is 3.66. The molecule has 4 aromatic rings. The Morgan fingerprint density at radius 2 is 2.10 bits per heavy atom. The summed E-state index contributed by atoms with van der Waals surface area (Å²) in [5.74, 6) is 0. The van der Waals surface area contributed by atoms with Gasteiger partial charge >= 0.3 is 0 Å². The lowest BCUT2D eigenvalue weighted by atomic mass is 10.2. The Labute approximate surface area is 165 Å². The van der Waals surface area contributed by atoms with E-state index in [9.17, 15) is 4.79 Å². The van der Waals surface area contributed by atoms with Gasteiger partial charge in [0.2, 0.25) is 0 Å². The summed E-state index contributed by atoms with van der Waals surface area (Å²) in [5, 5.41) is 4.72. The minimum Gasteiger partial charge on any atom is -0.482 e. The van der Waals surface area contributed by atoms with Crippen molar-refractivity contribution in [2.75, 3.05) is 13.2 Å². The number of para-hydroxylation sites is 2. The highest BCUT2D eigenvalue weighted by Crippen LogP contribution is 2.25. The summed E-state index contributed by atoms with van der Waals surface area (Å²) in [5.41, 5.74) is 2.60. The highest BCUT2D eigenvalue weighted by atomic mass is 16.5. The Balaban J connectivity index is 1.77. The Morgan fingerprint density at radius 1 is 1.28 bits per heavy atom. The van der Waals surface area contributed by atoms with E-state index in [4.69, 9.17) is 14.5 Å². The van der Waals surface area contributed by atoms with Crippen LogP contribution in [0.2, 0.25) is 0 Å². The second kappa shape index (κ2) is 7.25. The molecule has 0 aliphatic carbocycles. The molecule has 3 aromatic heterocycles. The molecule has 0 saturated carbocycles. The summed E-state index contributed by atoms with van der Waals surface area (Å²) in [6.07, 6.45) is 4.85. The van der Waals surface area contributed by atoms with E-state index in [1.807, 2.05) is 31.2 Å². The quantitative estimate of drug-likeness (QED) is 0.382. The van der Waals surface area contributed by atoms with Gasteiger partial charge in [-0.2, -0.15) is 4.68 Å². The first-order valence-electron chi connectivity index (χ1n) is 9.68. The molecule has 0 N–H and O–H groups in total. The minimum atomic E-state index is -0.176. The Bertz CT molecular complexity index is 1290. The van der Waals surface area contributed by atoms with E-state index in [2.05, 4.69) is 15.1 Å². The van der Waals surface area contributed by atoms with Gasteiger partial charge in [-0.1, -0.05) is 12.1 Å². The smallest absolute Gasteiger partial charge is 0.265 e. The van der Waals surface area contributed by atoms with E-state index in [1.165, 1.54) is 17.4 Å². The lowest BCUT2D eigenvalue weighted by Gasteiger charge is -2.11. The highest BCUT2D eigenvalue weighted by molar-refractivity contribution is 6.04. The van der Waals surface area contributed by atoms with Crippen molar-refractivity contribution in [3.8, 4) is 0 Å². The van der Waals surface area contributed by atoms with Crippen molar-refractivity contribution >= 4 is 39.6 Å². The fraction of sp³-hybridized carbons (Fsp3) is 0.350. The average molecular weight is 392 g/mol. The van der Waals surface area contributed by atoms with Crippen molar-refractivity contribution in [3.05, 3.63) is 40.9 Å². The molecule has 1 atom stereocenters. The molecule has 0 bridgehead atoms. The van der Waals surface area contributed by atoms with Gasteiger partial charge in [-0.15, -0.1) is 5.10 Å². The van der Waals surface area contributed by atoms with Gasteiger partial charge in [0.1, 0.15) is 17.2 Å². The molecule has 1 aromatic carbocycles. The van der Waals surface area contributed by atoms with Gasteiger partial charge in [0.05, 0.1) is 30.3 Å². The molecule has 148 valence electrons. The number of ether oxygens (including phenoxy) is 2. The van der Waals surface area contributed by atoms with E-state index >= 15 is 0 Å². The zero-order chi connectivity index (χ0) is 19.8. The Morgan fingerprint density at radius 3 is 2.86 bits per heavy atom. The third kappa shape index (κ3) is 3.03. The van der Waals surface area contributed by atoms with Gasteiger partial charge in [-0.05, 0) is 31.9 Å². The van der Waals surface area contributed by atoms with Gasteiger partial charge in [-0.3, -0.25) is 9.36 Å². The predicted molar refractivity (Wildman–Crippen MR) is 109 cm³/mol. The summed E-state index contributed by atoms with van der Waals surface area (Å²) in [4.78, 5) is 27.2. The first kappa shape index (κ1) is 17.7. The van der Waals surface area contributed by atoms with E-state index < -0.39 is 0 Å². The number of rotatable bonds is 5. The van der Waals surface area contributed by atoms with Gasteiger partial charge in [0.15, 0.2) is 17.7 Å². The van der Waals surface area contributed by atoms with Crippen LogP contribution in [0.1, 0.15) is 19.8 Å². The molecule has 0 radical (unpaired) electrons. The highest BCUT2D eigenvalue weighted by Gasteiger charge is 2.22. The standard InChI is InChI=1S/C20H20N6O3/c1-2-28-12-22-26-18-16(17-19(26)24-15-8-4-3-7-14(15)23-17)20(27)25(11-21-18)10-13-6-5-9-29-13/h3-4,7-8,11-13H,2,5-6,9-10H2,1H3/b22-12+. The molecule has 1 unspecified atom stereocenters. The number of aromatic nitrogens is 5. The second-order valence-electron chi connectivity index (χ2n) is 6.91. The van der Waals surface area contributed by atoms with Crippen molar-refractivity contribution in [2.45, 2.75) is 32.4 Å². The molecule has 5 rings (SSSR count). The second-order valence-corrected chi connectivity index (χ2v) is 6.91. The topological polar surface area (TPSA) is 96.4 Å². The maximum absolute atomic E-state index is 13.3. The van der Waals surface area contributed by atoms with Crippen molar-refractivity contribution < 1.29 is 9.47 Å². The zero-order valence-electron chi connectivity index (χ0n) is 16.0. The third-order valence-corrected chi connectivity index (χ3v) is 5.04. The maximum atomic E-state index is 13.3. The van der Waals surface area contributed by atoms with Crippen LogP contribution in [0.4, 0.5) is 0 Å². The van der Waals surface area contributed by atoms with Crippen LogP contribution in [-0.4, -0.2) is 49.9 Å². The molecule has 29 heavy (non-hydrogen) atoms. The van der Waals surface area contributed by atoms with E-state index in [-0.39, 0.29) is 11.7 Å². The van der Waals surface area contributed by atoms with Gasteiger partial charge < -0.3 is 9.47 Å². The number of nitrogens with zero attached hydrogens (tertiary/aromatic N) is 6. The number of hydrogen-bond acceptors (Lipinski definition) is 7. The van der Waals surface area contributed by atoms with Crippen molar-refractivity contribution in [3.63, 3.8) is 0 Å². The number of benzene rings is 1. The fourth-order valence-electron chi connectivity index (χ4n) is 3.66. The van der Waals surface area contributed by atoms with Crippen LogP contribution in [-0.2, 0) is 16.0 Å². The normalized spacial score (nSPS) is 17.2. The summed E-state index contributed by atoms with van der Waals surface area (Å²) in [6, 6.07) is 7.53. The van der Waals surface area contributed by atoms with Crippen LogP contribution in [0.25, 0.3) is 33.2 Å². The summed E-state index contributed by atoms with van der Waals surface area (Å²) >= 11 is 0. The maximum Gasteiger partial charge on any atom is 0.265 e. The first-order chi connectivity index (χ1) is 14.3. The third-order valence-electron chi connectivity index (χ3n) is 5.04. The SMILES string of the molecule is CCO/C=N/n1c2nc3ccccc3nc2c2c(=O)n(CC3CCCO3)cnc21. The Hall–Kier alpha value is -3.33. The predicted octanol–water partition coefficient (Wildman–Crippen LogP) is 2.30. The van der Waals surface area contributed by atoms with E-state index in [1.54, 1.807) is 4.57 Å². The molecule has 1 aliphatic rings. The van der Waals surface area contributed by atoms with Gasteiger partial charge in [-0.25, -0.2) is 15.0 Å². The van der Waals surface area contributed by atoms with E-state index in [0.717, 1.165) is 25.0 Å². The lowest BCUT2D eigenvalue weighted by Crippen LogP contribution is -2.26. The summed E-state index contributed by atoms with van der Waals surface area (Å²) < 4.78 is 14.0. The van der Waals surface area contributed by atoms with Gasteiger partial charge in [0.25, 0.3) is 5.56 Å². The molecule has 4 heterocycles. The number of hydrogen-bond donors (Lipinski definition) is 0. The van der Waals surface area contributed by atoms with Crippen LogP contribution in [0.5, 0.6) is 0 Å². The van der Waals surface area contributed by atoms with Crippen LogP contribution < -0.4 is 5.56 Å². The van der Waals surface area contributed by atoms with Crippen LogP contribution in [0, 0.1) is 0 Å². The van der Waals surface area contributed by atoms with Crippen molar-refractivity contribution in [1.29, 1.82) is 0 Å². The largest absolute Gasteiger partial charge is 0.482 e. The van der Waals surface area contributed by atoms with Crippen LogP contribution >= 0.6 is 0 Å². The number of fused-ring (bicyclic) bond motifs is 4. The molecule has 0 amide bonds. The molecular formula is C20H20N6O3. The van der Waals surface area contributed by atoms with Crippen molar-refractivity contribution in [2.24, 2.45) is 5.10 Å². The molecule has 9 heteroatoms. The lowest BCUT2D eigenvalue weighted by molar-refractivity contribution is 0.0960. The van der Waals surface area contributed by atoms with Crippen LogP contribution in [0.15, 0.2) is 40.5 Å². The molecule has 1 aliphatic heterocycles. The summed E-state index contributed by atoms with van der Waals surface area (Å²) in [6.45, 7) is 3.56. The van der Waals surface area contributed by atoms with Crippen LogP contribution in [0.3, 0.4) is 0 Å². The Kier molecular flexibility index (Phi) is 4.44. The molecular weight excluding hydrogens is 372 g/mol. The first-order valence-corrected chi connectivity index (χ1v) is 9.68. The van der Waals surface area contributed by atoms with Gasteiger partial charge in [0, 0.05) is 6.61 Å². The van der Waals surface area contributed by atoms with E-state index in [0.29, 0.717) is 40.9 Å². The molecule has 1 saturated heterocycles. The average Bonchev–Trinajstić information content (AvgIpc) is 3.35.